The molecule has 0 fully saturated rings. The van der Waals surface area contributed by atoms with E-state index in [9.17, 15) is 14.0 Å². The van der Waals surface area contributed by atoms with Crippen molar-refractivity contribution in [3.63, 3.8) is 0 Å². The Morgan fingerprint density at radius 3 is 2.28 bits per heavy atom. The molecule has 1 amide bonds. The average Bonchev–Trinajstić information content (AvgIpc) is 2.63. The van der Waals surface area contributed by atoms with Gasteiger partial charge in [-0.2, -0.15) is 0 Å². The number of benzene rings is 3. The number of rotatable bonds is 2. The lowest BCUT2D eigenvalue weighted by Crippen LogP contribution is -2.15. The maximum absolute atomic E-state index is 14.1. The normalized spacial score (nSPS) is 10.9. The Balaban J connectivity index is 1.93. The number of aromatic amines is 1. The smallest absolute Gasteiger partial charge is 0.257 e. The number of anilines is 1. The Labute approximate surface area is 141 Å². The Hall–Kier alpha value is -3.47. The molecule has 0 radical (unpaired) electrons. The quantitative estimate of drug-likeness (QED) is 0.544. The molecule has 3 aromatic carbocycles. The van der Waals surface area contributed by atoms with Gasteiger partial charge in [-0.25, -0.2) is 4.39 Å². The molecule has 0 aliphatic heterocycles. The van der Waals surface area contributed by atoms with Gasteiger partial charge in [0.25, 0.3) is 5.91 Å². The monoisotopic (exact) mass is 332 g/mol. The second kappa shape index (κ2) is 5.87. The molecule has 0 saturated heterocycles. The molecule has 2 N–H and O–H groups in total. The SMILES string of the molecule is O=C(Nc1ccccc1)c1cccc2c(=O)c3cccc(F)c3[nH]c12. The van der Waals surface area contributed by atoms with E-state index in [-0.39, 0.29) is 27.8 Å². The number of carbonyl (C=O) groups excluding carboxylic acids is 1. The molecule has 1 heterocycles. The van der Waals surface area contributed by atoms with Gasteiger partial charge < -0.3 is 10.3 Å². The largest absolute Gasteiger partial charge is 0.351 e. The van der Waals surface area contributed by atoms with Gasteiger partial charge in [-0.3, -0.25) is 9.59 Å². The van der Waals surface area contributed by atoms with Crippen molar-refractivity contribution in [1.82, 2.24) is 4.98 Å². The average molecular weight is 332 g/mol. The summed E-state index contributed by atoms with van der Waals surface area (Å²) < 4.78 is 14.1. The maximum atomic E-state index is 14.1. The fraction of sp³-hybridized carbons (Fsp3) is 0. The van der Waals surface area contributed by atoms with E-state index in [0.717, 1.165) is 0 Å². The van der Waals surface area contributed by atoms with Crippen LogP contribution in [-0.2, 0) is 0 Å². The van der Waals surface area contributed by atoms with Gasteiger partial charge in [0.05, 0.1) is 16.6 Å². The van der Waals surface area contributed by atoms with Crippen LogP contribution in [0.15, 0.2) is 71.5 Å². The second-order valence-corrected chi connectivity index (χ2v) is 5.66. The number of aromatic nitrogens is 1. The summed E-state index contributed by atoms with van der Waals surface area (Å²) in [5.74, 6) is -0.905. The standard InChI is InChI=1S/C20H13FN2O2/c21-16-11-5-9-14-18(16)23-17-13(19(14)24)8-4-10-15(17)20(25)22-12-6-2-1-3-7-12/h1-11H,(H,22,25)(H,23,24). The van der Waals surface area contributed by atoms with E-state index in [0.29, 0.717) is 16.6 Å². The maximum Gasteiger partial charge on any atom is 0.257 e. The number of para-hydroxylation sites is 3. The van der Waals surface area contributed by atoms with Crippen LogP contribution in [0.2, 0.25) is 0 Å². The van der Waals surface area contributed by atoms with Gasteiger partial charge in [-0.15, -0.1) is 0 Å². The summed E-state index contributed by atoms with van der Waals surface area (Å²) in [6.07, 6.45) is 0. The Kier molecular flexibility index (Phi) is 3.54. The van der Waals surface area contributed by atoms with Crippen LogP contribution in [-0.4, -0.2) is 10.9 Å². The van der Waals surface area contributed by atoms with Crippen molar-refractivity contribution < 1.29 is 9.18 Å². The molecule has 0 saturated carbocycles. The Bertz CT molecular complexity index is 1170. The van der Waals surface area contributed by atoms with Crippen molar-refractivity contribution in [2.75, 3.05) is 5.32 Å². The molecule has 0 aliphatic rings. The molecule has 0 bridgehead atoms. The first-order valence-corrected chi connectivity index (χ1v) is 7.75. The fourth-order valence-electron chi connectivity index (χ4n) is 2.90. The van der Waals surface area contributed by atoms with Gasteiger partial charge in [0.2, 0.25) is 0 Å². The molecule has 4 rings (SSSR count). The number of nitrogens with one attached hydrogen (secondary N) is 2. The minimum Gasteiger partial charge on any atom is -0.351 e. The number of amides is 1. The van der Waals surface area contributed by atoms with E-state index in [2.05, 4.69) is 10.3 Å². The predicted molar refractivity (Wildman–Crippen MR) is 96.4 cm³/mol. The number of fused-ring (bicyclic) bond motifs is 2. The summed E-state index contributed by atoms with van der Waals surface area (Å²) in [5.41, 5.74) is 1.03. The van der Waals surface area contributed by atoms with Gasteiger partial charge in [0.1, 0.15) is 5.82 Å². The molecule has 0 aliphatic carbocycles. The highest BCUT2D eigenvalue weighted by Gasteiger charge is 2.15. The van der Waals surface area contributed by atoms with E-state index in [4.69, 9.17) is 0 Å². The highest BCUT2D eigenvalue weighted by atomic mass is 19.1. The number of pyridine rings is 1. The fourth-order valence-corrected chi connectivity index (χ4v) is 2.90. The summed E-state index contributed by atoms with van der Waals surface area (Å²) >= 11 is 0. The van der Waals surface area contributed by atoms with Crippen LogP contribution in [0, 0.1) is 5.82 Å². The Morgan fingerprint density at radius 2 is 1.52 bits per heavy atom. The van der Waals surface area contributed by atoms with Crippen LogP contribution in [0.25, 0.3) is 21.8 Å². The summed E-state index contributed by atoms with van der Waals surface area (Å²) in [7, 11) is 0. The summed E-state index contributed by atoms with van der Waals surface area (Å²) in [6, 6.07) is 18.2. The molecular formula is C20H13FN2O2. The van der Waals surface area contributed by atoms with Crippen LogP contribution in [0.1, 0.15) is 10.4 Å². The third-order valence-electron chi connectivity index (χ3n) is 4.09. The minimum absolute atomic E-state index is 0.0972. The van der Waals surface area contributed by atoms with Crippen LogP contribution in [0.3, 0.4) is 0 Å². The first kappa shape index (κ1) is 15.1. The van der Waals surface area contributed by atoms with E-state index in [1.165, 1.54) is 12.1 Å². The second-order valence-electron chi connectivity index (χ2n) is 5.66. The van der Waals surface area contributed by atoms with Gasteiger partial charge in [-0.05, 0) is 36.4 Å². The highest BCUT2D eigenvalue weighted by Crippen LogP contribution is 2.21. The van der Waals surface area contributed by atoms with E-state index >= 15 is 0 Å². The van der Waals surface area contributed by atoms with Crippen LogP contribution in [0.4, 0.5) is 10.1 Å². The number of H-pyrrole nitrogens is 1. The van der Waals surface area contributed by atoms with Crippen LogP contribution in [0.5, 0.6) is 0 Å². The molecule has 0 unspecified atom stereocenters. The third kappa shape index (κ3) is 2.55. The van der Waals surface area contributed by atoms with Crippen LogP contribution >= 0.6 is 0 Å². The molecule has 4 aromatic rings. The zero-order valence-electron chi connectivity index (χ0n) is 13.0. The van der Waals surface area contributed by atoms with Crippen molar-refractivity contribution in [1.29, 1.82) is 0 Å². The molecule has 0 atom stereocenters. The first-order valence-electron chi connectivity index (χ1n) is 7.75. The lowest BCUT2D eigenvalue weighted by molar-refractivity contribution is 0.102. The third-order valence-corrected chi connectivity index (χ3v) is 4.09. The number of hydrogen-bond acceptors (Lipinski definition) is 2. The van der Waals surface area contributed by atoms with Crippen LogP contribution < -0.4 is 10.7 Å². The topological polar surface area (TPSA) is 62.0 Å². The molecule has 0 spiro atoms. The summed E-state index contributed by atoms with van der Waals surface area (Å²) in [6.45, 7) is 0. The lowest BCUT2D eigenvalue weighted by atomic mass is 10.1. The summed E-state index contributed by atoms with van der Waals surface area (Å²) in [4.78, 5) is 28.2. The van der Waals surface area contributed by atoms with Crippen molar-refractivity contribution in [3.8, 4) is 0 Å². The highest BCUT2D eigenvalue weighted by molar-refractivity contribution is 6.13. The van der Waals surface area contributed by atoms with Crippen molar-refractivity contribution in [3.05, 3.63) is 88.3 Å². The minimum atomic E-state index is -0.533. The van der Waals surface area contributed by atoms with Gasteiger partial charge in [0.15, 0.2) is 5.43 Å². The Morgan fingerprint density at radius 1 is 0.840 bits per heavy atom. The molecule has 1 aromatic heterocycles. The van der Waals surface area contributed by atoms with Gasteiger partial charge in [-0.1, -0.05) is 30.3 Å². The molecule has 25 heavy (non-hydrogen) atoms. The van der Waals surface area contributed by atoms with Gasteiger partial charge in [0, 0.05) is 16.5 Å². The lowest BCUT2D eigenvalue weighted by Gasteiger charge is -2.09. The van der Waals surface area contributed by atoms with E-state index < -0.39 is 5.82 Å². The van der Waals surface area contributed by atoms with Crippen molar-refractivity contribution in [2.24, 2.45) is 0 Å². The number of hydrogen-bond donors (Lipinski definition) is 2. The number of halogens is 1. The van der Waals surface area contributed by atoms with E-state index in [1.807, 2.05) is 18.2 Å². The zero-order valence-corrected chi connectivity index (χ0v) is 13.0. The number of carbonyl (C=O) groups is 1. The molecule has 122 valence electrons. The zero-order chi connectivity index (χ0) is 17.4. The van der Waals surface area contributed by atoms with Crippen molar-refractivity contribution >= 4 is 33.4 Å². The predicted octanol–water partition coefficient (Wildman–Crippen LogP) is 4.07. The van der Waals surface area contributed by atoms with Gasteiger partial charge >= 0.3 is 0 Å². The van der Waals surface area contributed by atoms with E-state index in [1.54, 1.807) is 36.4 Å². The first-order chi connectivity index (χ1) is 12.1. The molecular weight excluding hydrogens is 319 g/mol. The summed E-state index contributed by atoms with van der Waals surface area (Å²) in [5, 5.41) is 3.38. The molecule has 4 nitrogen and oxygen atoms in total. The molecule has 5 heteroatoms. The van der Waals surface area contributed by atoms with Crippen molar-refractivity contribution in [2.45, 2.75) is 0 Å².